The van der Waals surface area contributed by atoms with E-state index in [1.807, 2.05) is 0 Å². The Labute approximate surface area is 140 Å². The van der Waals surface area contributed by atoms with E-state index >= 15 is 0 Å². The lowest BCUT2D eigenvalue weighted by Gasteiger charge is -2.73. The van der Waals surface area contributed by atoms with Crippen molar-refractivity contribution >= 4 is 0 Å². The Balaban J connectivity index is 3.69. The smallest absolute Gasteiger partial charge is 0.0361 e. The second kappa shape index (κ2) is 5.77. The molecule has 0 aliphatic carbocycles. The average molecular weight is 311 g/mol. The molecule has 2 heteroatoms. The van der Waals surface area contributed by atoms with Gasteiger partial charge >= 0.3 is 0 Å². The summed E-state index contributed by atoms with van der Waals surface area (Å²) in [5, 5.41) is 4.22. The summed E-state index contributed by atoms with van der Waals surface area (Å²) in [4.78, 5) is 2.82. The van der Waals surface area contributed by atoms with Crippen LogP contribution in [0.4, 0.5) is 0 Å². The molecule has 0 saturated carbocycles. The van der Waals surface area contributed by atoms with Gasteiger partial charge in [-0.25, -0.2) is 0 Å². The number of hydrogen-bond donors (Lipinski definition) is 1. The van der Waals surface area contributed by atoms with Crippen LogP contribution < -0.4 is 5.32 Å². The van der Waals surface area contributed by atoms with Crippen molar-refractivity contribution in [3.05, 3.63) is 0 Å². The monoisotopic (exact) mass is 310 g/mol. The molecule has 0 aromatic heterocycles. The van der Waals surface area contributed by atoms with E-state index in [4.69, 9.17) is 0 Å². The summed E-state index contributed by atoms with van der Waals surface area (Å²) in [6.45, 7) is 26.4. The Hall–Kier alpha value is -0.0800. The molecular formula is C20H42N2. The number of nitrogens with zero attached hydrogens (tertiary/aromatic N) is 1. The third-order valence-electron chi connectivity index (χ3n) is 7.02. The fraction of sp³-hybridized carbons (Fsp3) is 1.00. The molecule has 1 fully saturated rings. The van der Waals surface area contributed by atoms with Crippen LogP contribution in [0.3, 0.4) is 0 Å². The van der Waals surface area contributed by atoms with Crippen molar-refractivity contribution in [3.8, 4) is 0 Å². The maximum Gasteiger partial charge on any atom is 0.0361 e. The van der Waals surface area contributed by atoms with Crippen LogP contribution in [0.1, 0.15) is 102 Å². The average Bonchev–Trinajstić information content (AvgIpc) is 2.37. The maximum absolute atomic E-state index is 4.22. The van der Waals surface area contributed by atoms with E-state index < -0.39 is 0 Å². The van der Waals surface area contributed by atoms with Gasteiger partial charge in [-0.1, -0.05) is 27.7 Å². The molecule has 0 unspecified atom stereocenters. The van der Waals surface area contributed by atoms with Crippen molar-refractivity contribution in [1.82, 2.24) is 10.2 Å². The van der Waals surface area contributed by atoms with E-state index in [0.29, 0.717) is 0 Å². The molecule has 0 bridgehead atoms. The summed E-state index contributed by atoms with van der Waals surface area (Å²) in [5.41, 5.74) is 0.655. The topological polar surface area (TPSA) is 15.3 Å². The molecule has 22 heavy (non-hydrogen) atoms. The van der Waals surface area contributed by atoms with Crippen LogP contribution in [0.5, 0.6) is 0 Å². The largest absolute Gasteiger partial charge is 0.302 e. The highest BCUT2D eigenvalue weighted by Crippen LogP contribution is 2.52. The molecule has 1 heterocycles. The lowest BCUT2D eigenvalue weighted by atomic mass is 9.59. The molecule has 1 aliphatic rings. The molecule has 1 aliphatic heterocycles. The first kappa shape index (κ1) is 20.0. The van der Waals surface area contributed by atoms with Gasteiger partial charge in [0.2, 0.25) is 0 Å². The normalized spacial score (nSPS) is 26.9. The number of nitrogens with one attached hydrogen (secondary N) is 1. The summed E-state index contributed by atoms with van der Waals surface area (Å²) in [6.07, 6.45) is 4.67. The van der Waals surface area contributed by atoms with E-state index in [0.717, 1.165) is 0 Å². The Kier molecular flexibility index (Phi) is 5.24. The summed E-state index contributed by atoms with van der Waals surface area (Å²) in [7, 11) is 0. The third kappa shape index (κ3) is 2.45. The number of piperazine rings is 1. The SMILES string of the molecule is CCC1(CC)NC(CC)(CC)C(C)(C)N(C(C)(C)C)C1(C)C. The molecular weight excluding hydrogens is 268 g/mol. The number of hydrogen-bond acceptors (Lipinski definition) is 2. The molecule has 0 aromatic rings. The van der Waals surface area contributed by atoms with Crippen molar-refractivity contribution in [2.75, 3.05) is 0 Å². The predicted octanol–water partition coefficient (Wildman–Crippen LogP) is 5.36. The molecule has 0 aromatic carbocycles. The van der Waals surface area contributed by atoms with Gasteiger partial charge in [-0.15, -0.1) is 0 Å². The third-order valence-corrected chi connectivity index (χ3v) is 7.02. The fourth-order valence-corrected chi connectivity index (χ4v) is 6.15. The quantitative estimate of drug-likeness (QED) is 0.751. The van der Waals surface area contributed by atoms with E-state index in [1.54, 1.807) is 0 Å². The van der Waals surface area contributed by atoms with Crippen LogP contribution in [0.2, 0.25) is 0 Å². The van der Waals surface area contributed by atoms with Gasteiger partial charge in [0.15, 0.2) is 0 Å². The van der Waals surface area contributed by atoms with Crippen LogP contribution in [0.15, 0.2) is 0 Å². The molecule has 1 rings (SSSR count). The van der Waals surface area contributed by atoms with Crippen molar-refractivity contribution in [2.45, 2.75) is 130 Å². The zero-order valence-corrected chi connectivity index (χ0v) is 17.3. The van der Waals surface area contributed by atoms with Crippen LogP contribution in [-0.4, -0.2) is 32.6 Å². The van der Waals surface area contributed by atoms with E-state index in [1.165, 1.54) is 25.7 Å². The maximum atomic E-state index is 4.22. The van der Waals surface area contributed by atoms with Gasteiger partial charge < -0.3 is 5.32 Å². The van der Waals surface area contributed by atoms with Crippen molar-refractivity contribution < 1.29 is 0 Å². The molecule has 2 nitrogen and oxygen atoms in total. The molecule has 0 spiro atoms. The van der Waals surface area contributed by atoms with Crippen LogP contribution in [-0.2, 0) is 0 Å². The first-order chi connectivity index (χ1) is 9.82. The van der Waals surface area contributed by atoms with Gasteiger partial charge in [0.1, 0.15) is 0 Å². The second-order valence-corrected chi connectivity index (χ2v) is 9.33. The minimum absolute atomic E-state index is 0.103. The Morgan fingerprint density at radius 1 is 0.682 bits per heavy atom. The molecule has 132 valence electrons. The highest BCUT2D eigenvalue weighted by molar-refractivity contribution is 5.24. The molecule has 1 saturated heterocycles. The van der Waals surface area contributed by atoms with Crippen molar-refractivity contribution in [1.29, 1.82) is 0 Å². The lowest BCUT2D eigenvalue weighted by molar-refractivity contribution is -0.189. The van der Waals surface area contributed by atoms with Crippen LogP contribution in [0.25, 0.3) is 0 Å². The van der Waals surface area contributed by atoms with Crippen LogP contribution in [0, 0.1) is 0 Å². The molecule has 0 atom stereocenters. The predicted molar refractivity (Wildman–Crippen MR) is 99.5 cm³/mol. The first-order valence-corrected chi connectivity index (χ1v) is 9.41. The van der Waals surface area contributed by atoms with Crippen molar-refractivity contribution in [3.63, 3.8) is 0 Å². The van der Waals surface area contributed by atoms with Gasteiger partial charge in [0.25, 0.3) is 0 Å². The summed E-state index contributed by atoms with van der Waals surface area (Å²) >= 11 is 0. The zero-order chi connectivity index (χ0) is 17.6. The van der Waals surface area contributed by atoms with Gasteiger partial charge in [-0.3, -0.25) is 4.90 Å². The lowest BCUT2D eigenvalue weighted by Crippen LogP contribution is -2.88. The van der Waals surface area contributed by atoms with Gasteiger partial charge in [-0.05, 0) is 74.1 Å². The fourth-order valence-electron chi connectivity index (χ4n) is 6.15. The first-order valence-electron chi connectivity index (χ1n) is 9.41. The Bertz CT molecular complexity index is 349. The van der Waals surface area contributed by atoms with E-state index in [9.17, 15) is 0 Å². The summed E-state index contributed by atoms with van der Waals surface area (Å²) < 4.78 is 0. The summed E-state index contributed by atoms with van der Waals surface area (Å²) in [6, 6.07) is 0. The Morgan fingerprint density at radius 3 is 1.14 bits per heavy atom. The highest BCUT2D eigenvalue weighted by Gasteiger charge is 2.64. The van der Waals surface area contributed by atoms with Gasteiger partial charge in [0.05, 0.1) is 0 Å². The minimum Gasteiger partial charge on any atom is -0.302 e. The van der Waals surface area contributed by atoms with Crippen molar-refractivity contribution in [2.24, 2.45) is 0 Å². The van der Waals surface area contributed by atoms with E-state index in [-0.39, 0.29) is 27.7 Å². The highest BCUT2D eigenvalue weighted by atomic mass is 15.4. The number of rotatable bonds is 4. The second-order valence-electron chi connectivity index (χ2n) is 9.33. The van der Waals surface area contributed by atoms with Gasteiger partial charge in [-0.2, -0.15) is 0 Å². The minimum atomic E-state index is 0.103. The summed E-state index contributed by atoms with van der Waals surface area (Å²) in [5.74, 6) is 0. The Morgan fingerprint density at radius 2 is 0.955 bits per heavy atom. The molecule has 0 amide bonds. The zero-order valence-electron chi connectivity index (χ0n) is 17.3. The standard InChI is InChI=1S/C20H42N2/c1-12-19(13-2)17(8,9)22(16(5,6)7)18(10,11)20(14-3,15-4)21-19/h21H,12-15H2,1-11H3. The van der Waals surface area contributed by atoms with Gasteiger partial charge in [0, 0.05) is 27.7 Å². The molecule has 0 radical (unpaired) electrons. The molecule has 1 N–H and O–H groups in total. The van der Waals surface area contributed by atoms with E-state index in [2.05, 4.69) is 86.4 Å². The van der Waals surface area contributed by atoms with Crippen LogP contribution >= 0.6 is 0 Å².